The van der Waals surface area contributed by atoms with E-state index in [1.807, 2.05) is 0 Å². The van der Waals surface area contributed by atoms with Crippen molar-refractivity contribution in [1.82, 2.24) is 0 Å². The predicted molar refractivity (Wildman–Crippen MR) is 261 cm³/mol. The zero-order valence-corrected chi connectivity index (χ0v) is 41.2. The van der Waals surface area contributed by atoms with Crippen molar-refractivity contribution >= 4 is 17.9 Å². The quantitative estimate of drug-likeness (QED) is 0.0262. The second-order valence-corrected chi connectivity index (χ2v) is 18.5. The first-order valence-electron chi connectivity index (χ1n) is 27.2. The summed E-state index contributed by atoms with van der Waals surface area (Å²) in [7, 11) is 0. The Morgan fingerprint density at radius 3 is 0.836 bits per heavy atom. The van der Waals surface area contributed by atoms with Gasteiger partial charge in [-0.25, -0.2) is 0 Å². The van der Waals surface area contributed by atoms with Gasteiger partial charge in [0.05, 0.1) is 0 Å². The van der Waals surface area contributed by atoms with E-state index in [2.05, 4.69) is 32.9 Å². The van der Waals surface area contributed by atoms with Gasteiger partial charge in [-0.1, -0.05) is 251 Å². The molecule has 0 aromatic carbocycles. The Bertz CT molecular complexity index is 947. The van der Waals surface area contributed by atoms with Gasteiger partial charge in [0.15, 0.2) is 6.10 Å². The van der Waals surface area contributed by atoms with Gasteiger partial charge in [0, 0.05) is 19.3 Å². The molecule has 0 fully saturated rings. The molecule has 1 atom stereocenters. The Hall–Kier alpha value is -1.85. The summed E-state index contributed by atoms with van der Waals surface area (Å²) < 4.78 is 16.8. The number of esters is 3. The van der Waals surface area contributed by atoms with E-state index in [9.17, 15) is 14.4 Å². The fraction of sp³-hybridized carbons (Fsp3) is 0.909. The predicted octanol–water partition coefficient (Wildman–Crippen LogP) is 17.8. The van der Waals surface area contributed by atoms with Crippen molar-refractivity contribution in [2.24, 2.45) is 0 Å². The summed E-state index contributed by atoms with van der Waals surface area (Å²) in [6.45, 7) is 6.66. The summed E-state index contributed by atoms with van der Waals surface area (Å²) >= 11 is 0. The molecular formula is C55H104O6. The molecule has 6 heteroatoms. The summed E-state index contributed by atoms with van der Waals surface area (Å²) in [6.07, 6.45) is 56.2. The third kappa shape index (κ3) is 49.0. The first-order chi connectivity index (χ1) is 30.0. The Kier molecular flexibility index (Phi) is 49.3. The van der Waals surface area contributed by atoms with Gasteiger partial charge >= 0.3 is 17.9 Å². The zero-order chi connectivity index (χ0) is 44.4. The molecule has 0 saturated heterocycles. The highest BCUT2D eigenvalue weighted by molar-refractivity contribution is 5.71. The molecule has 0 aromatic rings. The van der Waals surface area contributed by atoms with E-state index in [4.69, 9.17) is 14.2 Å². The summed E-state index contributed by atoms with van der Waals surface area (Å²) in [6, 6.07) is 0. The molecule has 0 amide bonds. The second-order valence-electron chi connectivity index (χ2n) is 18.5. The van der Waals surface area contributed by atoms with Crippen LogP contribution in [0.4, 0.5) is 0 Å². The Morgan fingerprint density at radius 2 is 0.541 bits per heavy atom. The Morgan fingerprint density at radius 1 is 0.311 bits per heavy atom. The van der Waals surface area contributed by atoms with Crippen LogP contribution in [0, 0.1) is 0 Å². The lowest BCUT2D eigenvalue weighted by Gasteiger charge is -2.18. The van der Waals surface area contributed by atoms with Crippen LogP contribution in [-0.2, 0) is 28.6 Å². The molecule has 0 aliphatic rings. The van der Waals surface area contributed by atoms with Crippen LogP contribution in [0.1, 0.15) is 303 Å². The maximum atomic E-state index is 12.8. The van der Waals surface area contributed by atoms with Gasteiger partial charge < -0.3 is 14.2 Å². The number of hydrogen-bond donors (Lipinski definition) is 0. The van der Waals surface area contributed by atoms with Gasteiger partial charge in [-0.15, -0.1) is 0 Å². The molecular weight excluding hydrogens is 757 g/mol. The standard InChI is InChI=1S/C55H104O6/c1-4-7-10-13-16-19-22-25-27-30-33-36-39-42-45-48-54(57)60-51-52(50-59-53(56)47-44-41-38-35-32-29-24-21-18-15-12-9-6-3)61-55(58)49-46-43-40-37-34-31-28-26-23-20-17-14-11-8-5-2/h21,24,52H,4-20,22-23,25-51H2,1-3H3/t52-/m1/s1. The normalized spacial score (nSPS) is 12.0. The molecule has 0 aliphatic heterocycles. The molecule has 0 spiro atoms. The Balaban J connectivity index is 4.32. The maximum absolute atomic E-state index is 12.8. The van der Waals surface area contributed by atoms with E-state index < -0.39 is 6.10 Å². The van der Waals surface area contributed by atoms with Crippen LogP contribution in [0.25, 0.3) is 0 Å². The smallest absolute Gasteiger partial charge is 0.306 e. The molecule has 0 aromatic heterocycles. The third-order valence-corrected chi connectivity index (χ3v) is 12.3. The highest BCUT2D eigenvalue weighted by Crippen LogP contribution is 2.17. The highest BCUT2D eigenvalue weighted by Gasteiger charge is 2.19. The van der Waals surface area contributed by atoms with Crippen molar-refractivity contribution in [1.29, 1.82) is 0 Å². The van der Waals surface area contributed by atoms with Crippen LogP contribution in [0.3, 0.4) is 0 Å². The van der Waals surface area contributed by atoms with E-state index in [-0.39, 0.29) is 31.1 Å². The molecule has 0 aliphatic carbocycles. The number of carbonyl (C=O) groups is 3. The van der Waals surface area contributed by atoms with Gasteiger partial charge in [-0.2, -0.15) is 0 Å². The summed E-state index contributed by atoms with van der Waals surface area (Å²) in [5.74, 6) is -0.855. The van der Waals surface area contributed by atoms with Crippen LogP contribution in [0.15, 0.2) is 12.2 Å². The van der Waals surface area contributed by atoms with Crippen LogP contribution >= 0.6 is 0 Å². The molecule has 0 bridgehead atoms. The molecule has 0 rings (SSSR count). The van der Waals surface area contributed by atoms with Crippen molar-refractivity contribution in [3.05, 3.63) is 12.2 Å². The van der Waals surface area contributed by atoms with Gasteiger partial charge in [0.25, 0.3) is 0 Å². The minimum Gasteiger partial charge on any atom is -0.462 e. The molecule has 6 nitrogen and oxygen atoms in total. The van der Waals surface area contributed by atoms with Gasteiger partial charge in [-0.3, -0.25) is 14.4 Å². The number of allylic oxidation sites excluding steroid dienone is 2. The van der Waals surface area contributed by atoms with Crippen LogP contribution in [0.2, 0.25) is 0 Å². The SMILES string of the molecule is CCCCCCC=CCCCCCCCC(=O)OC[C@H](COC(=O)CCCCCCCCCCCCCCCCC)OC(=O)CCCCCCCCCCCCCCCCC. The number of unbranched alkanes of at least 4 members (excludes halogenated alkanes) is 37. The molecule has 0 N–H and O–H groups in total. The molecule has 0 unspecified atom stereocenters. The average Bonchev–Trinajstić information content (AvgIpc) is 3.26. The zero-order valence-electron chi connectivity index (χ0n) is 41.2. The van der Waals surface area contributed by atoms with E-state index in [1.54, 1.807) is 0 Å². The largest absolute Gasteiger partial charge is 0.462 e. The van der Waals surface area contributed by atoms with Gasteiger partial charge in [0.2, 0.25) is 0 Å². The average molecular weight is 861 g/mol. The fourth-order valence-electron chi connectivity index (χ4n) is 8.14. The summed E-state index contributed by atoms with van der Waals surface area (Å²) in [4.78, 5) is 38.0. The summed E-state index contributed by atoms with van der Waals surface area (Å²) in [5, 5.41) is 0. The number of hydrogen-bond acceptors (Lipinski definition) is 6. The van der Waals surface area contributed by atoms with Crippen LogP contribution in [-0.4, -0.2) is 37.2 Å². The topological polar surface area (TPSA) is 78.9 Å². The molecule has 0 radical (unpaired) electrons. The number of carbonyl (C=O) groups excluding carboxylic acids is 3. The fourth-order valence-corrected chi connectivity index (χ4v) is 8.14. The molecule has 0 saturated carbocycles. The lowest BCUT2D eigenvalue weighted by atomic mass is 10.0. The van der Waals surface area contributed by atoms with Crippen molar-refractivity contribution in [2.45, 2.75) is 309 Å². The van der Waals surface area contributed by atoms with E-state index in [0.29, 0.717) is 19.3 Å². The molecule has 61 heavy (non-hydrogen) atoms. The second kappa shape index (κ2) is 50.8. The van der Waals surface area contributed by atoms with Crippen LogP contribution < -0.4 is 0 Å². The van der Waals surface area contributed by atoms with Crippen molar-refractivity contribution < 1.29 is 28.6 Å². The van der Waals surface area contributed by atoms with E-state index in [1.165, 1.54) is 199 Å². The van der Waals surface area contributed by atoms with E-state index >= 15 is 0 Å². The molecule has 0 heterocycles. The first kappa shape index (κ1) is 59.1. The lowest BCUT2D eigenvalue weighted by Crippen LogP contribution is -2.30. The number of rotatable bonds is 50. The minimum absolute atomic E-state index is 0.0668. The van der Waals surface area contributed by atoms with Crippen molar-refractivity contribution in [3.8, 4) is 0 Å². The minimum atomic E-state index is -0.766. The molecule has 360 valence electrons. The Labute approximate surface area is 380 Å². The van der Waals surface area contributed by atoms with Gasteiger partial charge in [-0.05, 0) is 44.9 Å². The lowest BCUT2D eigenvalue weighted by molar-refractivity contribution is -0.167. The third-order valence-electron chi connectivity index (χ3n) is 12.3. The van der Waals surface area contributed by atoms with Gasteiger partial charge in [0.1, 0.15) is 13.2 Å². The van der Waals surface area contributed by atoms with E-state index in [0.717, 1.165) is 64.2 Å². The van der Waals surface area contributed by atoms with Crippen molar-refractivity contribution in [3.63, 3.8) is 0 Å². The van der Waals surface area contributed by atoms with Crippen molar-refractivity contribution in [2.75, 3.05) is 13.2 Å². The monoisotopic (exact) mass is 861 g/mol. The highest BCUT2D eigenvalue weighted by atomic mass is 16.6. The maximum Gasteiger partial charge on any atom is 0.306 e. The number of ether oxygens (including phenoxy) is 3. The summed E-state index contributed by atoms with van der Waals surface area (Å²) in [5.41, 5.74) is 0. The van der Waals surface area contributed by atoms with Crippen LogP contribution in [0.5, 0.6) is 0 Å². The first-order valence-corrected chi connectivity index (χ1v) is 27.2.